The molecule has 2 amide bonds. The zero-order valence-electron chi connectivity index (χ0n) is 24.5. The van der Waals surface area contributed by atoms with Crippen LogP contribution in [0.15, 0.2) is 83.8 Å². The molecule has 1 unspecified atom stereocenters. The molecule has 0 aliphatic heterocycles. The number of hydrogen-bond acceptors (Lipinski definition) is 4. The van der Waals surface area contributed by atoms with Gasteiger partial charge in [0.2, 0.25) is 11.8 Å². The smallest absolute Gasteiger partial charge is 0.264 e. The lowest BCUT2D eigenvalue weighted by Crippen LogP contribution is -2.54. The van der Waals surface area contributed by atoms with Crippen LogP contribution in [-0.4, -0.2) is 43.3 Å². The second kappa shape index (κ2) is 12.7. The molecular weight excluding hydrogens is 522 g/mol. The maximum atomic E-state index is 14.0. The summed E-state index contributed by atoms with van der Waals surface area (Å²) in [6, 6.07) is 22.1. The zero-order chi connectivity index (χ0) is 29.7. The first-order chi connectivity index (χ1) is 18.7. The van der Waals surface area contributed by atoms with Gasteiger partial charge in [-0.2, -0.15) is 0 Å². The van der Waals surface area contributed by atoms with Crippen LogP contribution in [0.1, 0.15) is 64.2 Å². The first-order valence-corrected chi connectivity index (χ1v) is 15.0. The lowest BCUT2D eigenvalue weighted by atomic mass is 10.0. The van der Waals surface area contributed by atoms with E-state index >= 15 is 0 Å². The van der Waals surface area contributed by atoms with Gasteiger partial charge in [0.05, 0.1) is 10.6 Å². The Bertz CT molecular complexity index is 1410. The van der Waals surface area contributed by atoms with E-state index in [1.54, 1.807) is 37.3 Å². The third-order valence-electron chi connectivity index (χ3n) is 6.56. The molecule has 0 saturated carbocycles. The summed E-state index contributed by atoms with van der Waals surface area (Å²) in [7, 11) is -4.08. The predicted octanol–water partition coefficient (Wildman–Crippen LogP) is 5.65. The highest BCUT2D eigenvalue weighted by Gasteiger charge is 2.33. The van der Waals surface area contributed by atoms with Crippen LogP contribution in [0, 0.1) is 6.92 Å². The maximum absolute atomic E-state index is 14.0. The number of benzene rings is 3. The van der Waals surface area contributed by atoms with Gasteiger partial charge < -0.3 is 10.2 Å². The number of nitrogens with one attached hydrogen (secondary N) is 1. The molecule has 3 rings (SSSR count). The average Bonchev–Trinajstić information content (AvgIpc) is 2.89. The monoisotopic (exact) mass is 563 g/mol. The van der Waals surface area contributed by atoms with Crippen molar-refractivity contribution in [2.24, 2.45) is 0 Å². The molecule has 1 N–H and O–H groups in total. The number of nitrogens with zero attached hydrogens (tertiary/aromatic N) is 2. The fourth-order valence-electron chi connectivity index (χ4n) is 4.34. The van der Waals surface area contributed by atoms with Crippen molar-refractivity contribution in [3.05, 3.63) is 95.6 Å². The minimum atomic E-state index is -4.08. The highest BCUT2D eigenvalue weighted by atomic mass is 32.2. The van der Waals surface area contributed by atoms with Gasteiger partial charge in [-0.1, -0.05) is 74.0 Å². The quantitative estimate of drug-likeness (QED) is 0.346. The van der Waals surface area contributed by atoms with Crippen LogP contribution < -0.4 is 9.62 Å². The Balaban J connectivity index is 2.04. The van der Waals surface area contributed by atoms with E-state index in [1.807, 2.05) is 64.1 Å². The van der Waals surface area contributed by atoms with E-state index in [-0.39, 0.29) is 23.3 Å². The van der Waals surface area contributed by atoms with Crippen molar-refractivity contribution in [3.63, 3.8) is 0 Å². The Labute approximate surface area is 239 Å². The summed E-state index contributed by atoms with van der Waals surface area (Å²) in [6.07, 6.45) is 0. The largest absolute Gasteiger partial charge is 0.350 e. The number of aryl methyl sites for hydroxylation is 1. The summed E-state index contributed by atoms with van der Waals surface area (Å²) >= 11 is 0. The number of hydrogen-bond donors (Lipinski definition) is 1. The molecule has 1 atom stereocenters. The van der Waals surface area contributed by atoms with Gasteiger partial charge >= 0.3 is 0 Å². The van der Waals surface area contributed by atoms with Crippen LogP contribution in [0.5, 0.6) is 0 Å². The van der Waals surface area contributed by atoms with Crippen molar-refractivity contribution < 1.29 is 18.0 Å². The Morgan fingerprint density at radius 1 is 0.875 bits per heavy atom. The molecule has 214 valence electrons. The van der Waals surface area contributed by atoms with E-state index in [9.17, 15) is 18.0 Å². The third-order valence-corrected chi connectivity index (χ3v) is 8.35. The first kappa shape index (κ1) is 30.9. The average molecular weight is 564 g/mol. The lowest BCUT2D eigenvalue weighted by Gasteiger charge is -2.33. The van der Waals surface area contributed by atoms with Crippen molar-refractivity contribution >= 4 is 27.5 Å². The number of carbonyl (C=O) groups is 2. The summed E-state index contributed by atoms with van der Waals surface area (Å²) in [4.78, 5) is 28.8. The van der Waals surface area contributed by atoms with Crippen molar-refractivity contribution in [2.75, 3.05) is 10.8 Å². The van der Waals surface area contributed by atoms with Crippen molar-refractivity contribution in [1.29, 1.82) is 0 Å². The van der Waals surface area contributed by atoms with Gasteiger partial charge in [-0.15, -0.1) is 0 Å². The fraction of sp³-hybridized carbons (Fsp3) is 0.375. The number of amides is 2. The van der Waals surface area contributed by atoms with Crippen LogP contribution in [0.4, 0.5) is 5.69 Å². The van der Waals surface area contributed by atoms with Crippen LogP contribution in [0.3, 0.4) is 0 Å². The zero-order valence-corrected chi connectivity index (χ0v) is 25.3. The summed E-state index contributed by atoms with van der Waals surface area (Å²) < 4.78 is 28.9. The van der Waals surface area contributed by atoms with E-state index in [4.69, 9.17) is 0 Å². The van der Waals surface area contributed by atoms with Crippen molar-refractivity contribution in [2.45, 2.75) is 77.4 Å². The molecule has 3 aromatic rings. The van der Waals surface area contributed by atoms with Crippen molar-refractivity contribution in [3.8, 4) is 0 Å². The highest BCUT2D eigenvalue weighted by Crippen LogP contribution is 2.26. The van der Waals surface area contributed by atoms with Crippen LogP contribution >= 0.6 is 0 Å². The van der Waals surface area contributed by atoms with E-state index in [1.165, 1.54) is 17.0 Å². The Hall–Kier alpha value is -3.65. The Morgan fingerprint density at radius 2 is 1.50 bits per heavy atom. The number of anilines is 1. The first-order valence-electron chi connectivity index (χ1n) is 13.5. The summed E-state index contributed by atoms with van der Waals surface area (Å²) in [5, 5.41) is 2.94. The van der Waals surface area contributed by atoms with Gasteiger partial charge in [0, 0.05) is 12.1 Å². The number of carbonyl (C=O) groups excluding carboxylic acids is 2. The standard InChI is InChI=1S/C32H41N3O4S/c1-23(2)27-16-18-28(19-17-27)35(40(38,39)29-14-9-8-10-15-29)22-30(36)34(21-26-13-11-12-24(3)20-26)25(4)31(37)33-32(5,6)7/h8-20,23,25H,21-22H2,1-7H3,(H,33,37). The second-order valence-corrected chi connectivity index (χ2v) is 13.4. The normalized spacial score (nSPS) is 12.6. The van der Waals surface area contributed by atoms with Gasteiger partial charge in [-0.3, -0.25) is 13.9 Å². The second-order valence-electron chi connectivity index (χ2n) is 11.5. The van der Waals surface area contributed by atoms with Gasteiger partial charge in [0.1, 0.15) is 12.6 Å². The third kappa shape index (κ3) is 7.94. The molecule has 0 aromatic heterocycles. The predicted molar refractivity (Wildman–Crippen MR) is 161 cm³/mol. The van der Waals surface area contributed by atoms with Crippen molar-refractivity contribution in [1.82, 2.24) is 10.2 Å². The molecule has 7 nitrogen and oxygen atoms in total. The van der Waals surface area contributed by atoms with Gasteiger partial charge in [-0.05, 0) is 75.9 Å². The molecular formula is C32H41N3O4S. The molecule has 0 fully saturated rings. The molecule has 0 aliphatic carbocycles. The molecule has 0 saturated heterocycles. The highest BCUT2D eigenvalue weighted by molar-refractivity contribution is 7.92. The van der Waals surface area contributed by atoms with Crippen LogP contribution in [-0.2, 0) is 26.2 Å². The van der Waals surface area contributed by atoms with Crippen LogP contribution in [0.2, 0.25) is 0 Å². The SMILES string of the molecule is Cc1cccc(CN(C(=O)CN(c2ccc(C(C)C)cc2)S(=O)(=O)c2ccccc2)C(C)C(=O)NC(C)(C)C)c1. The summed E-state index contributed by atoms with van der Waals surface area (Å²) in [6.45, 7) is 13.1. The Morgan fingerprint density at radius 3 is 2.05 bits per heavy atom. The van der Waals surface area contributed by atoms with E-state index in [0.29, 0.717) is 5.69 Å². The molecule has 40 heavy (non-hydrogen) atoms. The Kier molecular flexibility index (Phi) is 9.79. The molecule has 0 bridgehead atoms. The minimum absolute atomic E-state index is 0.0829. The van der Waals surface area contributed by atoms with Gasteiger partial charge in [0.15, 0.2) is 0 Å². The van der Waals surface area contributed by atoms with Crippen LogP contribution in [0.25, 0.3) is 0 Å². The molecule has 8 heteroatoms. The number of rotatable bonds is 10. The van der Waals surface area contributed by atoms with Gasteiger partial charge in [0.25, 0.3) is 10.0 Å². The number of sulfonamides is 1. The van der Waals surface area contributed by atoms with Gasteiger partial charge in [-0.25, -0.2) is 8.42 Å². The molecule has 0 spiro atoms. The topological polar surface area (TPSA) is 86.8 Å². The molecule has 0 aliphatic rings. The molecule has 0 radical (unpaired) electrons. The minimum Gasteiger partial charge on any atom is -0.350 e. The molecule has 0 heterocycles. The summed E-state index contributed by atoms with van der Waals surface area (Å²) in [5.74, 6) is -0.528. The lowest BCUT2D eigenvalue weighted by molar-refractivity contribution is -0.140. The van der Waals surface area contributed by atoms with E-state index in [2.05, 4.69) is 19.2 Å². The molecule has 3 aromatic carbocycles. The van der Waals surface area contributed by atoms with E-state index < -0.39 is 34.1 Å². The fourth-order valence-corrected chi connectivity index (χ4v) is 5.77. The van der Waals surface area contributed by atoms with E-state index in [0.717, 1.165) is 21.0 Å². The maximum Gasteiger partial charge on any atom is 0.264 e. The summed E-state index contributed by atoms with van der Waals surface area (Å²) in [5.41, 5.74) is 2.81.